The Labute approximate surface area is 116 Å². The smallest absolute Gasteiger partial charge is 0.253 e. The van der Waals surface area contributed by atoms with E-state index in [0.717, 1.165) is 24.5 Å². The fourth-order valence-electron chi connectivity index (χ4n) is 2.68. The fourth-order valence-corrected chi connectivity index (χ4v) is 2.68. The van der Waals surface area contributed by atoms with Crippen LogP contribution in [0.25, 0.3) is 0 Å². The standard InChI is InChI=1S/C16H15FN2O/c17-11-6-7-13(14(18)9-11)16(20)19-15-8-5-10-3-1-2-4-12(10)15/h1-4,6-7,9,15H,5,8,18H2,(H,19,20). The highest BCUT2D eigenvalue weighted by Crippen LogP contribution is 2.31. The van der Waals surface area contributed by atoms with E-state index < -0.39 is 5.82 Å². The summed E-state index contributed by atoms with van der Waals surface area (Å²) in [6, 6.07) is 11.9. The Bertz CT molecular complexity index is 669. The molecule has 0 saturated heterocycles. The summed E-state index contributed by atoms with van der Waals surface area (Å²) >= 11 is 0. The molecule has 3 rings (SSSR count). The molecule has 20 heavy (non-hydrogen) atoms. The average Bonchev–Trinajstić information content (AvgIpc) is 2.82. The van der Waals surface area contributed by atoms with Gasteiger partial charge in [-0.2, -0.15) is 0 Å². The predicted molar refractivity (Wildman–Crippen MR) is 75.8 cm³/mol. The molecule has 2 aromatic rings. The van der Waals surface area contributed by atoms with E-state index in [0.29, 0.717) is 5.56 Å². The molecule has 0 fully saturated rings. The highest BCUT2D eigenvalue weighted by molar-refractivity contribution is 5.99. The summed E-state index contributed by atoms with van der Waals surface area (Å²) in [5, 5.41) is 2.97. The van der Waals surface area contributed by atoms with Gasteiger partial charge in [0.15, 0.2) is 0 Å². The van der Waals surface area contributed by atoms with Crippen molar-refractivity contribution in [2.45, 2.75) is 18.9 Å². The normalized spacial score (nSPS) is 16.8. The van der Waals surface area contributed by atoms with Crippen LogP contribution < -0.4 is 11.1 Å². The maximum absolute atomic E-state index is 13.0. The first kappa shape index (κ1) is 12.7. The van der Waals surface area contributed by atoms with E-state index >= 15 is 0 Å². The summed E-state index contributed by atoms with van der Waals surface area (Å²) in [5.74, 6) is -0.700. The molecule has 102 valence electrons. The number of halogens is 1. The van der Waals surface area contributed by atoms with Gasteiger partial charge in [0.05, 0.1) is 11.6 Å². The van der Waals surface area contributed by atoms with Crippen molar-refractivity contribution in [3.8, 4) is 0 Å². The molecule has 0 radical (unpaired) electrons. The number of amides is 1. The molecule has 0 aromatic heterocycles. The van der Waals surface area contributed by atoms with Crippen LogP contribution in [0.4, 0.5) is 10.1 Å². The van der Waals surface area contributed by atoms with Crippen molar-refractivity contribution in [2.75, 3.05) is 5.73 Å². The first-order valence-corrected chi connectivity index (χ1v) is 6.59. The van der Waals surface area contributed by atoms with Crippen molar-refractivity contribution in [1.82, 2.24) is 5.32 Å². The number of nitrogens with two attached hydrogens (primary N) is 1. The van der Waals surface area contributed by atoms with Gasteiger partial charge in [-0.3, -0.25) is 4.79 Å². The van der Waals surface area contributed by atoms with Crippen LogP contribution in [0.5, 0.6) is 0 Å². The van der Waals surface area contributed by atoms with E-state index in [-0.39, 0.29) is 17.6 Å². The van der Waals surface area contributed by atoms with Gasteiger partial charge in [-0.05, 0) is 42.2 Å². The lowest BCUT2D eigenvalue weighted by Crippen LogP contribution is -2.27. The van der Waals surface area contributed by atoms with Crippen molar-refractivity contribution in [1.29, 1.82) is 0 Å². The van der Waals surface area contributed by atoms with Gasteiger partial charge in [0.25, 0.3) is 5.91 Å². The molecule has 0 spiro atoms. The highest BCUT2D eigenvalue weighted by Gasteiger charge is 2.24. The number of hydrogen-bond acceptors (Lipinski definition) is 2. The van der Waals surface area contributed by atoms with Crippen LogP contribution in [0.1, 0.15) is 33.9 Å². The number of aryl methyl sites for hydroxylation is 1. The Morgan fingerprint density at radius 3 is 2.85 bits per heavy atom. The maximum atomic E-state index is 13.0. The molecule has 0 bridgehead atoms. The van der Waals surface area contributed by atoms with E-state index in [1.54, 1.807) is 0 Å². The second-order valence-corrected chi connectivity index (χ2v) is 5.00. The number of carbonyl (C=O) groups excluding carboxylic acids is 1. The lowest BCUT2D eigenvalue weighted by molar-refractivity contribution is 0.0937. The number of hydrogen-bond donors (Lipinski definition) is 2. The maximum Gasteiger partial charge on any atom is 0.253 e. The van der Waals surface area contributed by atoms with Crippen molar-refractivity contribution in [2.24, 2.45) is 0 Å². The molecule has 1 unspecified atom stereocenters. The predicted octanol–water partition coefficient (Wildman–Crippen LogP) is 2.83. The fraction of sp³-hybridized carbons (Fsp3) is 0.188. The van der Waals surface area contributed by atoms with Crippen LogP contribution in [-0.4, -0.2) is 5.91 Å². The SMILES string of the molecule is Nc1cc(F)ccc1C(=O)NC1CCc2ccccc21. The van der Waals surface area contributed by atoms with Gasteiger partial charge >= 0.3 is 0 Å². The Morgan fingerprint density at radius 2 is 2.05 bits per heavy atom. The summed E-state index contributed by atoms with van der Waals surface area (Å²) in [6.45, 7) is 0. The first-order valence-electron chi connectivity index (χ1n) is 6.59. The van der Waals surface area contributed by atoms with Crippen molar-refractivity contribution in [3.63, 3.8) is 0 Å². The molecule has 1 aliphatic carbocycles. The third kappa shape index (κ3) is 2.25. The number of benzene rings is 2. The van der Waals surface area contributed by atoms with Gasteiger partial charge in [0, 0.05) is 5.69 Å². The second kappa shape index (κ2) is 4.96. The molecule has 0 heterocycles. The van der Waals surface area contributed by atoms with Gasteiger partial charge in [-0.15, -0.1) is 0 Å². The Hall–Kier alpha value is -2.36. The lowest BCUT2D eigenvalue weighted by atomic mass is 10.1. The number of nitrogens with one attached hydrogen (secondary N) is 1. The van der Waals surface area contributed by atoms with Crippen molar-refractivity contribution < 1.29 is 9.18 Å². The third-order valence-electron chi connectivity index (χ3n) is 3.70. The van der Waals surface area contributed by atoms with E-state index in [1.807, 2.05) is 18.2 Å². The summed E-state index contributed by atoms with van der Waals surface area (Å²) in [5.41, 5.74) is 8.59. The molecule has 1 aliphatic rings. The van der Waals surface area contributed by atoms with Crippen LogP contribution in [0.3, 0.4) is 0 Å². The molecule has 1 atom stereocenters. The molecule has 0 saturated carbocycles. The van der Waals surface area contributed by atoms with Crippen LogP contribution >= 0.6 is 0 Å². The van der Waals surface area contributed by atoms with E-state index in [9.17, 15) is 9.18 Å². The van der Waals surface area contributed by atoms with Crippen LogP contribution in [0, 0.1) is 5.82 Å². The van der Waals surface area contributed by atoms with Crippen LogP contribution in [0.15, 0.2) is 42.5 Å². The third-order valence-corrected chi connectivity index (χ3v) is 3.70. The van der Waals surface area contributed by atoms with Crippen molar-refractivity contribution in [3.05, 3.63) is 65.0 Å². The van der Waals surface area contributed by atoms with Crippen LogP contribution in [-0.2, 0) is 6.42 Å². The van der Waals surface area contributed by atoms with E-state index in [4.69, 9.17) is 5.73 Å². The molecule has 2 aromatic carbocycles. The Morgan fingerprint density at radius 1 is 1.25 bits per heavy atom. The minimum absolute atomic E-state index is 0.00292. The van der Waals surface area contributed by atoms with Gasteiger partial charge in [-0.1, -0.05) is 24.3 Å². The minimum Gasteiger partial charge on any atom is -0.398 e. The topological polar surface area (TPSA) is 55.1 Å². The number of carbonyl (C=O) groups is 1. The summed E-state index contributed by atoms with van der Waals surface area (Å²) in [4.78, 5) is 12.2. The molecule has 3 nitrogen and oxygen atoms in total. The minimum atomic E-state index is -0.440. The Balaban J connectivity index is 1.81. The number of anilines is 1. The number of fused-ring (bicyclic) bond motifs is 1. The summed E-state index contributed by atoms with van der Waals surface area (Å²) in [6.07, 6.45) is 1.84. The number of rotatable bonds is 2. The molecule has 4 heteroatoms. The summed E-state index contributed by atoms with van der Waals surface area (Å²) < 4.78 is 13.0. The molecule has 0 aliphatic heterocycles. The lowest BCUT2D eigenvalue weighted by Gasteiger charge is -2.15. The highest BCUT2D eigenvalue weighted by atomic mass is 19.1. The second-order valence-electron chi connectivity index (χ2n) is 5.00. The Kier molecular flexibility index (Phi) is 3.14. The van der Waals surface area contributed by atoms with Crippen LogP contribution in [0.2, 0.25) is 0 Å². The largest absolute Gasteiger partial charge is 0.398 e. The summed E-state index contributed by atoms with van der Waals surface area (Å²) in [7, 11) is 0. The molecule has 3 N–H and O–H groups in total. The zero-order chi connectivity index (χ0) is 14.1. The zero-order valence-corrected chi connectivity index (χ0v) is 10.9. The first-order chi connectivity index (χ1) is 9.65. The van der Waals surface area contributed by atoms with E-state index in [1.165, 1.54) is 17.7 Å². The van der Waals surface area contributed by atoms with Gasteiger partial charge in [0.1, 0.15) is 5.82 Å². The molecular weight excluding hydrogens is 255 g/mol. The quantitative estimate of drug-likeness (QED) is 0.824. The average molecular weight is 270 g/mol. The van der Waals surface area contributed by atoms with Gasteiger partial charge in [0.2, 0.25) is 0 Å². The molecular formula is C16H15FN2O. The van der Waals surface area contributed by atoms with Gasteiger partial charge < -0.3 is 11.1 Å². The van der Waals surface area contributed by atoms with Crippen molar-refractivity contribution >= 4 is 11.6 Å². The van der Waals surface area contributed by atoms with Gasteiger partial charge in [-0.25, -0.2) is 4.39 Å². The zero-order valence-electron chi connectivity index (χ0n) is 10.9. The molecule has 1 amide bonds. The van der Waals surface area contributed by atoms with E-state index in [2.05, 4.69) is 11.4 Å². The monoisotopic (exact) mass is 270 g/mol. The number of nitrogen functional groups attached to an aromatic ring is 1.